The highest BCUT2D eigenvalue weighted by Gasteiger charge is 2.45. The fraction of sp³-hybridized carbons (Fsp3) is 0.316. The van der Waals surface area contributed by atoms with Crippen LogP contribution in [0.15, 0.2) is 29.6 Å². The Kier molecular flexibility index (Phi) is 6.59. The van der Waals surface area contributed by atoms with Gasteiger partial charge in [0.05, 0.1) is 16.5 Å². The van der Waals surface area contributed by atoms with Gasteiger partial charge in [-0.25, -0.2) is 23.4 Å². The molecule has 0 aliphatic carbocycles. The van der Waals surface area contributed by atoms with Gasteiger partial charge in [-0.3, -0.25) is 0 Å². The minimum atomic E-state index is -5.32. The SMILES string of the molecule is CC(C)Cc1nc(N)cc(-c2nc(-c3ccc(CS(=O)(=O)C(F)(F)F)cc3Cl)cs2)n1. The minimum absolute atomic E-state index is 0.0663. The van der Waals surface area contributed by atoms with E-state index in [0.717, 1.165) is 0 Å². The van der Waals surface area contributed by atoms with E-state index in [0.29, 0.717) is 45.9 Å². The van der Waals surface area contributed by atoms with E-state index in [4.69, 9.17) is 17.3 Å². The van der Waals surface area contributed by atoms with Crippen LogP contribution in [0.2, 0.25) is 5.02 Å². The molecule has 3 rings (SSSR count). The Morgan fingerprint density at radius 3 is 2.45 bits per heavy atom. The normalized spacial score (nSPS) is 12.5. The van der Waals surface area contributed by atoms with Crippen LogP contribution in [0.1, 0.15) is 25.2 Å². The summed E-state index contributed by atoms with van der Waals surface area (Å²) in [5.74, 6) is 0.0955. The van der Waals surface area contributed by atoms with E-state index in [9.17, 15) is 21.6 Å². The first-order chi connectivity index (χ1) is 14.4. The second kappa shape index (κ2) is 8.71. The largest absolute Gasteiger partial charge is 0.497 e. The Hall–Kier alpha value is -2.24. The number of halogens is 4. The third kappa shape index (κ3) is 5.52. The molecule has 2 aromatic heterocycles. The molecule has 2 heterocycles. The van der Waals surface area contributed by atoms with Crippen LogP contribution < -0.4 is 5.73 Å². The maximum absolute atomic E-state index is 12.6. The number of nitrogens with zero attached hydrogens (tertiary/aromatic N) is 3. The van der Waals surface area contributed by atoms with E-state index < -0.39 is 21.1 Å². The summed E-state index contributed by atoms with van der Waals surface area (Å²) in [5.41, 5.74) is 2.00. The molecule has 0 spiro atoms. The maximum atomic E-state index is 12.6. The number of anilines is 1. The van der Waals surface area contributed by atoms with Crippen molar-refractivity contribution in [1.82, 2.24) is 15.0 Å². The number of nitrogen functional groups attached to an aromatic ring is 1. The summed E-state index contributed by atoms with van der Waals surface area (Å²) in [6.45, 7) is 4.08. The molecule has 0 saturated carbocycles. The minimum Gasteiger partial charge on any atom is -0.384 e. The van der Waals surface area contributed by atoms with Gasteiger partial charge in [-0.05, 0) is 17.5 Å². The highest BCUT2D eigenvalue weighted by Crippen LogP contribution is 2.34. The molecule has 0 saturated heterocycles. The van der Waals surface area contributed by atoms with Crippen molar-refractivity contribution in [3.63, 3.8) is 0 Å². The summed E-state index contributed by atoms with van der Waals surface area (Å²) in [4.78, 5) is 13.2. The summed E-state index contributed by atoms with van der Waals surface area (Å²) in [7, 11) is -5.29. The molecule has 0 radical (unpaired) electrons. The molecule has 0 amide bonds. The number of hydrogen-bond acceptors (Lipinski definition) is 7. The predicted octanol–water partition coefficient (Wildman–Crippen LogP) is 5.14. The third-order valence-corrected chi connectivity index (χ3v) is 6.72. The standard InChI is InChI=1S/C19H18ClF3N4O2S2/c1-10(2)5-17-25-14(7-16(24)27-17)18-26-15(8-30-18)12-4-3-11(6-13(12)20)9-31(28,29)19(21,22)23/h3-4,6-8,10H,5,9H2,1-2H3,(H2,24,25,27). The summed E-state index contributed by atoms with van der Waals surface area (Å²) in [6, 6.07) is 5.54. The number of hydrogen-bond donors (Lipinski definition) is 1. The maximum Gasteiger partial charge on any atom is 0.497 e. The van der Waals surface area contributed by atoms with Crippen molar-refractivity contribution in [2.45, 2.75) is 31.5 Å². The fourth-order valence-electron chi connectivity index (χ4n) is 2.76. The molecule has 0 bridgehead atoms. The van der Waals surface area contributed by atoms with Crippen LogP contribution in [0, 0.1) is 5.92 Å². The summed E-state index contributed by atoms with van der Waals surface area (Å²) >= 11 is 7.51. The number of sulfone groups is 1. The Bertz CT molecular complexity index is 1210. The lowest BCUT2D eigenvalue weighted by Gasteiger charge is -2.09. The molecule has 1 aromatic carbocycles. The number of rotatable bonds is 6. The molecule has 0 fully saturated rings. The van der Waals surface area contributed by atoms with Crippen molar-refractivity contribution in [3.05, 3.63) is 46.1 Å². The topological polar surface area (TPSA) is 98.8 Å². The number of aromatic nitrogens is 3. The first-order valence-corrected chi connectivity index (χ1v) is 11.9. The van der Waals surface area contributed by atoms with Gasteiger partial charge in [0.15, 0.2) is 0 Å². The first kappa shape index (κ1) is 23.4. The lowest BCUT2D eigenvalue weighted by Crippen LogP contribution is -2.24. The number of benzene rings is 1. The first-order valence-electron chi connectivity index (χ1n) is 9.03. The summed E-state index contributed by atoms with van der Waals surface area (Å²) < 4.78 is 60.6. The van der Waals surface area contributed by atoms with Crippen molar-refractivity contribution in [3.8, 4) is 22.0 Å². The van der Waals surface area contributed by atoms with E-state index in [1.807, 2.05) is 13.8 Å². The third-order valence-electron chi connectivity index (χ3n) is 4.13. The average molecular weight is 491 g/mol. The average Bonchev–Trinajstić information content (AvgIpc) is 3.09. The smallest absolute Gasteiger partial charge is 0.384 e. The van der Waals surface area contributed by atoms with Crippen LogP contribution in [0.4, 0.5) is 19.0 Å². The van der Waals surface area contributed by atoms with Crippen molar-refractivity contribution in [2.24, 2.45) is 5.92 Å². The zero-order valence-corrected chi connectivity index (χ0v) is 18.8. The number of nitrogens with two attached hydrogens (primary N) is 1. The van der Waals surface area contributed by atoms with Gasteiger partial charge >= 0.3 is 5.51 Å². The highest BCUT2D eigenvalue weighted by molar-refractivity contribution is 7.91. The van der Waals surface area contributed by atoms with Gasteiger partial charge in [0.2, 0.25) is 0 Å². The van der Waals surface area contributed by atoms with Crippen LogP contribution >= 0.6 is 22.9 Å². The molecule has 12 heteroatoms. The van der Waals surface area contributed by atoms with Gasteiger partial charge in [-0.15, -0.1) is 11.3 Å². The van der Waals surface area contributed by atoms with E-state index in [-0.39, 0.29) is 10.6 Å². The van der Waals surface area contributed by atoms with Gasteiger partial charge in [0.25, 0.3) is 9.84 Å². The van der Waals surface area contributed by atoms with E-state index in [2.05, 4.69) is 15.0 Å². The van der Waals surface area contributed by atoms with E-state index in [1.165, 1.54) is 29.5 Å². The van der Waals surface area contributed by atoms with Crippen LogP contribution in [0.3, 0.4) is 0 Å². The van der Waals surface area contributed by atoms with Gasteiger partial charge in [-0.1, -0.05) is 37.6 Å². The van der Waals surface area contributed by atoms with Crippen LogP contribution in [-0.4, -0.2) is 28.9 Å². The van der Waals surface area contributed by atoms with Gasteiger partial charge in [-0.2, -0.15) is 13.2 Å². The molecule has 0 atom stereocenters. The van der Waals surface area contributed by atoms with Crippen molar-refractivity contribution >= 4 is 38.6 Å². The summed E-state index contributed by atoms with van der Waals surface area (Å²) in [6.07, 6.45) is 0.657. The number of alkyl halides is 3. The fourth-order valence-corrected chi connectivity index (χ4v) is 4.62. The van der Waals surface area contributed by atoms with Crippen LogP contribution in [0.25, 0.3) is 22.0 Å². The quantitative estimate of drug-likeness (QED) is 0.514. The molecule has 3 aromatic rings. The molecular weight excluding hydrogens is 473 g/mol. The van der Waals surface area contributed by atoms with E-state index >= 15 is 0 Å². The predicted molar refractivity (Wildman–Crippen MR) is 115 cm³/mol. The monoisotopic (exact) mass is 490 g/mol. The molecule has 31 heavy (non-hydrogen) atoms. The highest BCUT2D eigenvalue weighted by atomic mass is 35.5. The lowest BCUT2D eigenvalue weighted by atomic mass is 10.1. The zero-order chi connectivity index (χ0) is 23.0. The van der Waals surface area contributed by atoms with Crippen LogP contribution in [0.5, 0.6) is 0 Å². The Morgan fingerprint density at radius 2 is 1.84 bits per heavy atom. The van der Waals surface area contributed by atoms with Crippen molar-refractivity contribution < 1.29 is 21.6 Å². The Balaban J connectivity index is 1.89. The molecule has 0 aliphatic heterocycles. The van der Waals surface area contributed by atoms with Crippen LogP contribution in [-0.2, 0) is 22.0 Å². The molecule has 0 aliphatic rings. The molecule has 6 nitrogen and oxygen atoms in total. The van der Waals surface area contributed by atoms with Crippen molar-refractivity contribution in [1.29, 1.82) is 0 Å². The molecule has 166 valence electrons. The van der Waals surface area contributed by atoms with Gasteiger partial charge < -0.3 is 5.73 Å². The number of thiazole rings is 1. The Morgan fingerprint density at radius 1 is 1.13 bits per heavy atom. The lowest BCUT2D eigenvalue weighted by molar-refractivity contribution is -0.0437. The Labute approximate surface area is 186 Å². The molecular formula is C19H18ClF3N4O2S2. The van der Waals surface area contributed by atoms with E-state index in [1.54, 1.807) is 11.4 Å². The second-order valence-corrected chi connectivity index (χ2v) is 10.5. The second-order valence-electron chi connectivity index (χ2n) is 7.25. The zero-order valence-electron chi connectivity index (χ0n) is 16.4. The van der Waals surface area contributed by atoms with Crippen molar-refractivity contribution in [2.75, 3.05) is 5.73 Å². The van der Waals surface area contributed by atoms with Gasteiger partial charge in [0, 0.05) is 23.4 Å². The molecule has 2 N–H and O–H groups in total. The summed E-state index contributed by atoms with van der Waals surface area (Å²) in [5, 5.41) is 2.40. The van der Waals surface area contributed by atoms with Gasteiger partial charge in [0.1, 0.15) is 22.3 Å². The molecule has 0 unspecified atom stereocenters.